The molecule has 0 saturated heterocycles. The minimum Gasteiger partial charge on any atom is -0.306 e. The Balaban J connectivity index is 1.53. The van der Waals surface area contributed by atoms with Crippen LogP contribution in [0, 0.1) is 6.92 Å². The van der Waals surface area contributed by atoms with Gasteiger partial charge in [0.2, 0.25) is 0 Å². The van der Waals surface area contributed by atoms with Crippen molar-refractivity contribution < 1.29 is 0 Å². The summed E-state index contributed by atoms with van der Waals surface area (Å²) in [6.45, 7) is 2.51. The molecule has 0 radical (unpaired) electrons. The van der Waals surface area contributed by atoms with Gasteiger partial charge in [-0.3, -0.25) is 14.1 Å². The van der Waals surface area contributed by atoms with Crippen LogP contribution >= 0.6 is 0 Å². The summed E-state index contributed by atoms with van der Waals surface area (Å²) in [5.74, 6) is 0.915. The lowest BCUT2D eigenvalue weighted by molar-refractivity contribution is 0.786. The van der Waals surface area contributed by atoms with Crippen molar-refractivity contribution >= 4 is 22.1 Å². The summed E-state index contributed by atoms with van der Waals surface area (Å²) in [7, 11) is 0. The van der Waals surface area contributed by atoms with Gasteiger partial charge < -0.3 is 4.98 Å². The third-order valence-corrected chi connectivity index (χ3v) is 4.84. The van der Waals surface area contributed by atoms with E-state index in [4.69, 9.17) is 0 Å². The van der Waals surface area contributed by atoms with Gasteiger partial charge in [-0.25, -0.2) is 9.78 Å². The molecule has 0 amide bonds. The molecule has 3 heterocycles. The van der Waals surface area contributed by atoms with Gasteiger partial charge in [-0.2, -0.15) is 0 Å². The molecule has 27 heavy (non-hydrogen) atoms. The molecule has 5 rings (SSSR count). The van der Waals surface area contributed by atoms with Gasteiger partial charge >= 0.3 is 5.69 Å². The number of para-hydroxylation sites is 2. The van der Waals surface area contributed by atoms with E-state index in [0.717, 1.165) is 39.1 Å². The van der Waals surface area contributed by atoms with Crippen LogP contribution in [0.5, 0.6) is 0 Å². The minimum atomic E-state index is -0.0933. The number of aromatic nitrogens is 5. The first-order valence-corrected chi connectivity index (χ1v) is 8.76. The molecule has 6 nitrogen and oxygen atoms in total. The molecule has 2 aromatic carbocycles. The van der Waals surface area contributed by atoms with Crippen LogP contribution in [0.1, 0.15) is 11.4 Å². The average Bonchev–Trinajstić information content (AvgIpc) is 3.18. The Morgan fingerprint density at radius 3 is 2.67 bits per heavy atom. The van der Waals surface area contributed by atoms with Gasteiger partial charge in [0.15, 0.2) is 0 Å². The number of fused-ring (bicyclic) bond motifs is 2. The normalized spacial score (nSPS) is 11.4. The number of benzene rings is 2. The number of hydrogen-bond acceptors (Lipinski definition) is 3. The molecule has 0 unspecified atom stereocenters. The first-order valence-electron chi connectivity index (χ1n) is 8.76. The summed E-state index contributed by atoms with van der Waals surface area (Å²) in [6.07, 6.45) is 3.55. The fourth-order valence-corrected chi connectivity index (χ4v) is 3.58. The van der Waals surface area contributed by atoms with Gasteiger partial charge in [0.1, 0.15) is 11.3 Å². The predicted octanol–water partition coefficient (Wildman–Crippen LogP) is 3.42. The highest BCUT2D eigenvalue weighted by Crippen LogP contribution is 2.21. The minimum absolute atomic E-state index is 0.0933. The molecule has 132 valence electrons. The second-order valence-corrected chi connectivity index (χ2v) is 6.56. The summed E-state index contributed by atoms with van der Waals surface area (Å²) < 4.78 is 3.87. The number of aromatic amines is 1. The van der Waals surface area contributed by atoms with Gasteiger partial charge in [0, 0.05) is 11.9 Å². The molecule has 0 aliphatic rings. The highest BCUT2D eigenvalue weighted by Gasteiger charge is 2.10. The number of aryl methyl sites for hydroxylation is 1. The Morgan fingerprint density at radius 1 is 1.00 bits per heavy atom. The maximum absolute atomic E-state index is 12.3. The van der Waals surface area contributed by atoms with Crippen LogP contribution in [0.25, 0.3) is 27.8 Å². The maximum atomic E-state index is 12.3. The summed E-state index contributed by atoms with van der Waals surface area (Å²) in [4.78, 5) is 23.9. The van der Waals surface area contributed by atoms with Crippen LogP contribution in [0.15, 0.2) is 71.8 Å². The third-order valence-electron chi connectivity index (χ3n) is 4.84. The second-order valence-electron chi connectivity index (χ2n) is 6.56. The first-order chi connectivity index (χ1) is 13.2. The molecule has 0 aliphatic carbocycles. The highest BCUT2D eigenvalue weighted by atomic mass is 16.1. The first kappa shape index (κ1) is 15.6. The fraction of sp³-hybridized carbons (Fsp3) is 0.0952. The Bertz CT molecular complexity index is 1320. The van der Waals surface area contributed by atoms with E-state index in [9.17, 15) is 4.79 Å². The van der Waals surface area contributed by atoms with Crippen molar-refractivity contribution in [2.45, 2.75) is 13.5 Å². The highest BCUT2D eigenvalue weighted by molar-refractivity contribution is 5.77. The van der Waals surface area contributed by atoms with Gasteiger partial charge in [0.25, 0.3) is 0 Å². The molecule has 0 spiro atoms. The Hall–Kier alpha value is -3.67. The van der Waals surface area contributed by atoms with Crippen LogP contribution < -0.4 is 5.69 Å². The van der Waals surface area contributed by atoms with E-state index in [1.54, 1.807) is 17.0 Å². The van der Waals surface area contributed by atoms with E-state index in [1.165, 1.54) is 0 Å². The number of nitrogens with zero attached hydrogens (tertiary/aromatic N) is 4. The van der Waals surface area contributed by atoms with E-state index >= 15 is 0 Å². The number of pyridine rings is 1. The molecule has 0 atom stereocenters. The predicted molar refractivity (Wildman–Crippen MR) is 105 cm³/mol. The number of nitrogens with one attached hydrogen (secondary N) is 1. The zero-order valence-corrected chi connectivity index (χ0v) is 14.8. The fourth-order valence-electron chi connectivity index (χ4n) is 3.58. The molecular formula is C21H17N5O. The lowest BCUT2D eigenvalue weighted by atomic mass is 10.2. The molecule has 6 heteroatoms. The van der Waals surface area contributed by atoms with E-state index < -0.39 is 0 Å². The van der Waals surface area contributed by atoms with E-state index in [0.29, 0.717) is 6.54 Å². The summed E-state index contributed by atoms with van der Waals surface area (Å²) in [5, 5.41) is 0. The van der Waals surface area contributed by atoms with Crippen molar-refractivity contribution in [3.05, 3.63) is 88.9 Å². The van der Waals surface area contributed by atoms with Crippen molar-refractivity contribution in [3.8, 4) is 5.69 Å². The smallest absolute Gasteiger partial charge is 0.306 e. The number of hydrogen-bond donors (Lipinski definition) is 1. The number of rotatable bonds is 3. The SMILES string of the molecule is Cc1nc2cnccc2n1-c1ccc(Cn2c(=O)[nH]c3ccccc32)cc1. The Morgan fingerprint density at radius 2 is 1.81 bits per heavy atom. The molecule has 0 fully saturated rings. The van der Waals surface area contributed by atoms with Crippen LogP contribution in [0.3, 0.4) is 0 Å². The quantitative estimate of drug-likeness (QED) is 0.539. The zero-order valence-electron chi connectivity index (χ0n) is 14.8. The van der Waals surface area contributed by atoms with Crippen molar-refractivity contribution in [1.82, 2.24) is 24.1 Å². The molecular weight excluding hydrogens is 338 g/mol. The second kappa shape index (κ2) is 5.95. The van der Waals surface area contributed by atoms with Gasteiger partial charge in [0.05, 0.1) is 29.3 Å². The molecule has 0 aliphatic heterocycles. The van der Waals surface area contributed by atoms with Crippen molar-refractivity contribution in [1.29, 1.82) is 0 Å². The third kappa shape index (κ3) is 2.54. The molecule has 5 aromatic rings. The van der Waals surface area contributed by atoms with E-state index in [2.05, 4.69) is 43.8 Å². The number of imidazole rings is 2. The van der Waals surface area contributed by atoms with E-state index in [-0.39, 0.29) is 5.69 Å². The van der Waals surface area contributed by atoms with Gasteiger partial charge in [-0.1, -0.05) is 24.3 Å². The van der Waals surface area contributed by atoms with E-state index in [1.807, 2.05) is 37.3 Å². The van der Waals surface area contributed by atoms with Crippen LogP contribution in [0.2, 0.25) is 0 Å². The zero-order chi connectivity index (χ0) is 18.4. The lowest BCUT2D eigenvalue weighted by Crippen LogP contribution is -2.17. The maximum Gasteiger partial charge on any atom is 0.326 e. The largest absolute Gasteiger partial charge is 0.326 e. The topological polar surface area (TPSA) is 68.5 Å². The van der Waals surface area contributed by atoms with Crippen LogP contribution in [-0.2, 0) is 6.54 Å². The van der Waals surface area contributed by atoms with Gasteiger partial charge in [-0.15, -0.1) is 0 Å². The Kier molecular flexibility index (Phi) is 3.43. The monoisotopic (exact) mass is 355 g/mol. The molecule has 1 N–H and O–H groups in total. The lowest BCUT2D eigenvalue weighted by Gasteiger charge is -2.09. The van der Waals surface area contributed by atoms with Crippen molar-refractivity contribution in [3.63, 3.8) is 0 Å². The standard InChI is InChI=1S/C21H17N5O/c1-14-23-18-12-22-11-10-20(18)26(14)16-8-6-15(7-9-16)13-25-19-5-3-2-4-17(19)24-21(25)27/h2-12H,13H2,1H3,(H,24,27). The molecule has 0 bridgehead atoms. The van der Waals surface area contributed by atoms with Gasteiger partial charge in [-0.05, 0) is 42.8 Å². The van der Waals surface area contributed by atoms with Crippen molar-refractivity contribution in [2.24, 2.45) is 0 Å². The molecule has 0 saturated carbocycles. The Labute approximate surface area is 154 Å². The molecule has 3 aromatic heterocycles. The number of H-pyrrole nitrogens is 1. The van der Waals surface area contributed by atoms with Crippen LogP contribution in [-0.4, -0.2) is 24.1 Å². The summed E-state index contributed by atoms with van der Waals surface area (Å²) in [5.41, 5.74) is 5.69. The average molecular weight is 355 g/mol. The summed E-state index contributed by atoms with van der Waals surface area (Å²) >= 11 is 0. The van der Waals surface area contributed by atoms with Crippen LogP contribution in [0.4, 0.5) is 0 Å². The summed E-state index contributed by atoms with van der Waals surface area (Å²) in [6, 6.07) is 17.9. The van der Waals surface area contributed by atoms with Crippen molar-refractivity contribution in [2.75, 3.05) is 0 Å².